The number of rotatable bonds is 6. The standard InChI is InChI=1S/C20H24ClNO4/c1-25-20(24)17(11-14-7-3-2-4-8-14)22-13-15(12-19(22)23)26-18-10-6-5-9-16(18)21/h5-6,9-10,12,14,17H,2-4,7-8,11,13H2,1H3. The van der Waals surface area contributed by atoms with Crippen molar-refractivity contribution < 1.29 is 19.1 Å². The molecule has 1 aliphatic heterocycles. The van der Waals surface area contributed by atoms with Crippen LogP contribution in [0.2, 0.25) is 5.02 Å². The topological polar surface area (TPSA) is 55.8 Å². The van der Waals surface area contributed by atoms with Crippen molar-refractivity contribution in [3.8, 4) is 5.75 Å². The van der Waals surface area contributed by atoms with Gasteiger partial charge < -0.3 is 14.4 Å². The van der Waals surface area contributed by atoms with E-state index in [2.05, 4.69) is 0 Å². The molecule has 1 amide bonds. The van der Waals surface area contributed by atoms with Crippen LogP contribution < -0.4 is 4.74 Å². The Bertz CT molecular complexity index is 697. The van der Waals surface area contributed by atoms with Gasteiger partial charge in [-0.3, -0.25) is 4.79 Å². The molecule has 0 spiro atoms. The summed E-state index contributed by atoms with van der Waals surface area (Å²) in [4.78, 5) is 26.4. The number of benzene rings is 1. The maximum atomic E-state index is 12.5. The number of nitrogens with zero attached hydrogens (tertiary/aromatic N) is 1. The van der Waals surface area contributed by atoms with Gasteiger partial charge in [-0.25, -0.2) is 4.79 Å². The van der Waals surface area contributed by atoms with Crippen LogP contribution in [0.5, 0.6) is 5.75 Å². The molecular weight excluding hydrogens is 354 g/mol. The lowest BCUT2D eigenvalue weighted by Gasteiger charge is -2.30. The molecule has 1 aliphatic carbocycles. The zero-order chi connectivity index (χ0) is 18.5. The smallest absolute Gasteiger partial charge is 0.328 e. The van der Waals surface area contributed by atoms with E-state index in [-0.39, 0.29) is 18.4 Å². The highest BCUT2D eigenvalue weighted by atomic mass is 35.5. The highest BCUT2D eigenvalue weighted by molar-refractivity contribution is 6.32. The summed E-state index contributed by atoms with van der Waals surface area (Å²) < 4.78 is 10.7. The number of ether oxygens (including phenoxy) is 2. The van der Waals surface area contributed by atoms with Gasteiger partial charge in [0, 0.05) is 6.08 Å². The van der Waals surface area contributed by atoms with Gasteiger partial charge in [-0.05, 0) is 24.5 Å². The normalized spacial score (nSPS) is 19.2. The van der Waals surface area contributed by atoms with Crippen LogP contribution >= 0.6 is 11.6 Å². The first-order valence-corrected chi connectivity index (χ1v) is 9.47. The molecule has 6 heteroatoms. The molecule has 0 radical (unpaired) electrons. The second-order valence-corrected chi connectivity index (χ2v) is 7.30. The Labute approximate surface area is 158 Å². The van der Waals surface area contributed by atoms with Crippen LogP contribution in [0.15, 0.2) is 36.1 Å². The highest BCUT2D eigenvalue weighted by Gasteiger charge is 2.36. The number of para-hydroxylation sites is 1. The fourth-order valence-corrected chi connectivity index (χ4v) is 3.91. The number of carbonyl (C=O) groups is 2. The van der Waals surface area contributed by atoms with Gasteiger partial charge in [0.2, 0.25) is 0 Å². The van der Waals surface area contributed by atoms with E-state index in [0.717, 1.165) is 12.8 Å². The monoisotopic (exact) mass is 377 g/mol. The molecule has 140 valence electrons. The number of amides is 1. The Hall–Kier alpha value is -2.01. The molecule has 1 aromatic rings. The van der Waals surface area contributed by atoms with Crippen molar-refractivity contribution in [3.05, 3.63) is 41.1 Å². The molecule has 1 unspecified atom stereocenters. The molecule has 2 aliphatic rings. The van der Waals surface area contributed by atoms with E-state index in [0.29, 0.717) is 28.9 Å². The Balaban J connectivity index is 1.69. The number of methoxy groups -OCH3 is 1. The Morgan fingerprint density at radius 3 is 2.69 bits per heavy atom. The summed E-state index contributed by atoms with van der Waals surface area (Å²) in [6.45, 7) is 0.247. The summed E-state index contributed by atoms with van der Waals surface area (Å²) in [5, 5.41) is 0.478. The fraction of sp³-hybridized carbons (Fsp3) is 0.500. The largest absolute Gasteiger partial charge is 0.467 e. The third-order valence-corrected chi connectivity index (χ3v) is 5.41. The molecule has 0 saturated heterocycles. The van der Waals surface area contributed by atoms with Crippen molar-refractivity contribution in [2.24, 2.45) is 5.92 Å². The van der Waals surface area contributed by atoms with Crippen molar-refractivity contribution in [3.63, 3.8) is 0 Å². The molecule has 1 aromatic carbocycles. The Morgan fingerprint density at radius 1 is 1.27 bits per heavy atom. The third kappa shape index (κ3) is 4.39. The molecule has 1 heterocycles. The Kier molecular flexibility index (Phi) is 6.20. The van der Waals surface area contributed by atoms with Gasteiger partial charge in [-0.1, -0.05) is 55.8 Å². The van der Waals surface area contributed by atoms with Gasteiger partial charge in [0.05, 0.1) is 18.7 Å². The van der Waals surface area contributed by atoms with Gasteiger partial charge in [-0.15, -0.1) is 0 Å². The molecule has 3 rings (SSSR count). The van der Waals surface area contributed by atoms with Gasteiger partial charge in [0.25, 0.3) is 5.91 Å². The van der Waals surface area contributed by atoms with Crippen LogP contribution in [0.3, 0.4) is 0 Å². The van der Waals surface area contributed by atoms with Crippen molar-refractivity contribution in [2.45, 2.75) is 44.6 Å². The van der Waals surface area contributed by atoms with Gasteiger partial charge in [-0.2, -0.15) is 0 Å². The average Bonchev–Trinajstić information content (AvgIpc) is 3.02. The summed E-state index contributed by atoms with van der Waals surface area (Å²) >= 11 is 6.11. The highest BCUT2D eigenvalue weighted by Crippen LogP contribution is 2.31. The minimum absolute atomic E-state index is 0.224. The SMILES string of the molecule is COC(=O)C(CC1CCCCC1)N1CC(Oc2ccccc2Cl)=CC1=O. The van der Waals surface area contributed by atoms with E-state index in [4.69, 9.17) is 21.1 Å². The zero-order valence-corrected chi connectivity index (χ0v) is 15.7. The molecule has 1 atom stereocenters. The number of hydrogen-bond acceptors (Lipinski definition) is 4. The van der Waals surface area contributed by atoms with E-state index in [1.165, 1.54) is 32.4 Å². The van der Waals surface area contributed by atoms with E-state index in [9.17, 15) is 9.59 Å². The number of carbonyl (C=O) groups excluding carboxylic acids is 2. The number of esters is 1. The number of halogens is 1. The second-order valence-electron chi connectivity index (χ2n) is 6.89. The van der Waals surface area contributed by atoms with Gasteiger partial charge in [0.1, 0.15) is 17.6 Å². The minimum atomic E-state index is -0.570. The molecule has 1 fully saturated rings. The van der Waals surface area contributed by atoms with E-state index in [1.807, 2.05) is 12.1 Å². The molecular formula is C20H24ClNO4. The lowest BCUT2D eigenvalue weighted by atomic mass is 9.84. The summed E-state index contributed by atoms with van der Waals surface area (Å²) in [6, 6.07) is 6.53. The van der Waals surface area contributed by atoms with E-state index >= 15 is 0 Å². The second kappa shape index (κ2) is 8.58. The predicted molar refractivity (Wildman–Crippen MR) is 98.9 cm³/mol. The summed E-state index contributed by atoms with van der Waals surface area (Å²) in [5.74, 6) is 0.848. The summed E-state index contributed by atoms with van der Waals surface area (Å²) in [6.07, 6.45) is 7.90. The van der Waals surface area contributed by atoms with Gasteiger partial charge >= 0.3 is 5.97 Å². The van der Waals surface area contributed by atoms with Crippen molar-refractivity contribution in [1.29, 1.82) is 0 Å². The van der Waals surface area contributed by atoms with Crippen LogP contribution in [0.1, 0.15) is 38.5 Å². The average molecular weight is 378 g/mol. The first kappa shape index (κ1) is 18.8. The van der Waals surface area contributed by atoms with Crippen molar-refractivity contribution in [1.82, 2.24) is 4.90 Å². The maximum absolute atomic E-state index is 12.5. The minimum Gasteiger partial charge on any atom is -0.467 e. The van der Waals surface area contributed by atoms with Crippen LogP contribution in [0.4, 0.5) is 0 Å². The third-order valence-electron chi connectivity index (χ3n) is 5.10. The quantitative estimate of drug-likeness (QED) is 0.704. The molecule has 0 N–H and O–H groups in total. The first-order chi connectivity index (χ1) is 12.6. The van der Waals surface area contributed by atoms with Crippen LogP contribution in [0.25, 0.3) is 0 Å². The zero-order valence-electron chi connectivity index (χ0n) is 14.9. The molecule has 1 saturated carbocycles. The van der Waals surface area contributed by atoms with E-state index in [1.54, 1.807) is 17.0 Å². The number of hydrogen-bond donors (Lipinski definition) is 0. The van der Waals surface area contributed by atoms with Crippen LogP contribution in [-0.2, 0) is 14.3 Å². The van der Waals surface area contributed by atoms with Crippen LogP contribution in [-0.4, -0.2) is 36.5 Å². The van der Waals surface area contributed by atoms with Crippen LogP contribution in [0, 0.1) is 5.92 Å². The summed E-state index contributed by atoms with van der Waals surface area (Å²) in [7, 11) is 1.37. The van der Waals surface area contributed by atoms with E-state index < -0.39 is 6.04 Å². The maximum Gasteiger partial charge on any atom is 0.328 e. The lowest BCUT2D eigenvalue weighted by Crippen LogP contribution is -2.44. The molecule has 26 heavy (non-hydrogen) atoms. The van der Waals surface area contributed by atoms with Crippen molar-refractivity contribution in [2.75, 3.05) is 13.7 Å². The molecule has 5 nitrogen and oxygen atoms in total. The molecule has 0 aromatic heterocycles. The van der Waals surface area contributed by atoms with Gasteiger partial charge in [0.15, 0.2) is 0 Å². The molecule has 0 bridgehead atoms. The predicted octanol–water partition coefficient (Wildman–Crippen LogP) is 3.96. The first-order valence-electron chi connectivity index (χ1n) is 9.10. The lowest BCUT2D eigenvalue weighted by molar-refractivity contribution is -0.151. The fourth-order valence-electron chi connectivity index (χ4n) is 3.73. The summed E-state index contributed by atoms with van der Waals surface area (Å²) in [5.41, 5.74) is 0. The van der Waals surface area contributed by atoms with Crippen molar-refractivity contribution >= 4 is 23.5 Å². The Morgan fingerprint density at radius 2 is 2.00 bits per heavy atom.